The lowest BCUT2D eigenvalue weighted by atomic mass is 9.95. The molecule has 0 saturated heterocycles. The van der Waals surface area contributed by atoms with Crippen LogP contribution in [0.3, 0.4) is 0 Å². The van der Waals surface area contributed by atoms with E-state index < -0.39 is 40.1 Å². The third kappa shape index (κ3) is 3.98. The van der Waals surface area contributed by atoms with Crippen molar-refractivity contribution in [2.45, 2.75) is 17.9 Å². The molecule has 1 atom stereocenters. The molecule has 1 aliphatic rings. The molecule has 0 aliphatic carbocycles. The van der Waals surface area contributed by atoms with Crippen molar-refractivity contribution in [1.82, 2.24) is 4.31 Å². The number of anilines is 1. The lowest BCUT2D eigenvalue weighted by molar-refractivity contribution is -0.116. The van der Waals surface area contributed by atoms with Gasteiger partial charge in [0.2, 0.25) is 15.9 Å². The first-order chi connectivity index (χ1) is 15.3. The fourth-order valence-electron chi connectivity index (χ4n) is 3.68. The van der Waals surface area contributed by atoms with E-state index in [0.29, 0.717) is 9.99 Å². The molecule has 4 rings (SSSR count). The standard InChI is InChI=1S/C24H20N2O5S/c1-16-8-7-9-17(14-16)23(28)22-24(29)19-12-5-6-13-20(19)32(30,31)26(22)15-21(27)25-18-10-3-2-4-11-18/h2-14,22H,15H2,1H3,(H,25,27). The molecule has 1 aliphatic heterocycles. The van der Waals surface area contributed by atoms with Gasteiger partial charge >= 0.3 is 0 Å². The van der Waals surface area contributed by atoms with E-state index in [4.69, 9.17) is 0 Å². The van der Waals surface area contributed by atoms with Gasteiger partial charge in [0.05, 0.1) is 11.4 Å². The van der Waals surface area contributed by atoms with E-state index in [0.717, 1.165) is 5.56 Å². The molecule has 1 N–H and O–H groups in total. The van der Waals surface area contributed by atoms with E-state index in [2.05, 4.69) is 5.32 Å². The normalized spacial score (nSPS) is 17.4. The molecule has 3 aromatic carbocycles. The van der Waals surface area contributed by atoms with E-state index in [-0.39, 0.29) is 16.0 Å². The first-order valence-electron chi connectivity index (χ1n) is 9.90. The van der Waals surface area contributed by atoms with Crippen molar-refractivity contribution >= 4 is 33.2 Å². The van der Waals surface area contributed by atoms with E-state index in [1.54, 1.807) is 55.5 Å². The maximum Gasteiger partial charge on any atom is 0.245 e. The minimum atomic E-state index is -4.28. The number of nitrogens with zero attached hydrogens (tertiary/aromatic N) is 1. The van der Waals surface area contributed by atoms with Crippen LogP contribution in [-0.4, -0.2) is 42.8 Å². The number of hydrogen-bond acceptors (Lipinski definition) is 5. The van der Waals surface area contributed by atoms with Gasteiger partial charge in [-0.05, 0) is 37.3 Å². The lowest BCUT2D eigenvalue weighted by Gasteiger charge is -2.33. The number of amides is 1. The van der Waals surface area contributed by atoms with Gasteiger partial charge in [0.1, 0.15) is 0 Å². The van der Waals surface area contributed by atoms with Gasteiger partial charge in [0, 0.05) is 16.8 Å². The number of sulfonamides is 1. The van der Waals surface area contributed by atoms with Crippen LogP contribution in [0, 0.1) is 6.92 Å². The van der Waals surface area contributed by atoms with Gasteiger partial charge < -0.3 is 5.32 Å². The lowest BCUT2D eigenvalue weighted by Crippen LogP contribution is -2.55. The predicted octanol–water partition coefficient (Wildman–Crippen LogP) is 3.07. The van der Waals surface area contributed by atoms with Crippen molar-refractivity contribution in [2.24, 2.45) is 0 Å². The number of nitrogens with one attached hydrogen (secondary N) is 1. The molecule has 3 aromatic rings. The number of hydrogen-bond donors (Lipinski definition) is 1. The average Bonchev–Trinajstić information content (AvgIpc) is 2.78. The number of rotatable bonds is 5. The zero-order valence-corrected chi connectivity index (χ0v) is 18.0. The molecular formula is C24H20N2O5S. The van der Waals surface area contributed by atoms with Crippen LogP contribution < -0.4 is 5.32 Å². The Kier molecular flexibility index (Phi) is 5.73. The second-order valence-corrected chi connectivity index (χ2v) is 9.32. The van der Waals surface area contributed by atoms with Crippen LogP contribution in [0.5, 0.6) is 0 Å². The van der Waals surface area contributed by atoms with Crippen molar-refractivity contribution in [3.63, 3.8) is 0 Å². The summed E-state index contributed by atoms with van der Waals surface area (Å²) in [5.74, 6) is -1.99. The Morgan fingerprint density at radius 2 is 1.62 bits per heavy atom. The van der Waals surface area contributed by atoms with Crippen LogP contribution >= 0.6 is 0 Å². The van der Waals surface area contributed by atoms with Gasteiger partial charge in [-0.15, -0.1) is 0 Å². The van der Waals surface area contributed by atoms with E-state index >= 15 is 0 Å². The number of ketones is 2. The minimum absolute atomic E-state index is 0.0572. The zero-order chi connectivity index (χ0) is 22.9. The number of carbonyl (C=O) groups excluding carboxylic acids is 3. The molecule has 8 heteroatoms. The molecular weight excluding hydrogens is 428 g/mol. The van der Waals surface area contributed by atoms with Crippen molar-refractivity contribution in [3.8, 4) is 0 Å². The summed E-state index contributed by atoms with van der Waals surface area (Å²) in [5, 5.41) is 2.61. The summed E-state index contributed by atoms with van der Waals surface area (Å²) in [6.45, 7) is 1.11. The Balaban J connectivity index is 1.76. The quantitative estimate of drug-likeness (QED) is 0.478. The van der Waals surface area contributed by atoms with Crippen LogP contribution in [0.15, 0.2) is 83.8 Å². The summed E-state index contributed by atoms with van der Waals surface area (Å²) >= 11 is 0. The van der Waals surface area contributed by atoms with Crippen LogP contribution in [-0.2, 0) is 14.8 Å². The maximum absolute atomic E-state index is 13.4. The van der Waals surface area contributed by atoms with Crippen LogP contribution in [0.2, 0.25) is 0 Å². The molecule has 1 heterocycles. The van der Waals surface area contributed by atoms with E-state index in [1.807, 2.05) is 0 Å². The molecule has 162 valence electrons. The summed E-state index contributed by atoms with van der Waals surface area (Å²) in [6, 6.07) is 19.1. The molecule has 0 saturated carbocycles. The highest BCUT2D eigenvalue weighted by Crippen LogP contribution is 2.31. The summed E-state index contributed by atoms with van der Waals surface area (Å²) < 4.78 is 27.5. The fourth-order valence-corrected chi connectivity index (χ4v) is 5.39. The third-order valence-electron chi connectivity index (χ3n) is 5.18. The number of Topliss-reactive ketones (excluding diaryl/α,β-unsaturated/α-hetero) is 2. The van der Waals surface area contributed by atoms with Crippen molar-refractivity contribution < 1.29 is 22.8 Å². The molecule has 1 unspecified atom stereocenters. The molecule has 1 amide bonds. The third-order valence-corrected chi connectivity index (χ3v) is 7.05. The first-order valence-corrected chi connectivity index (χ1v) is 11.3. The second-order valence-electron chi connectivity index (χ2n) is 7.46. The molecule has 7 nitrogen and oxygen atoms in total. The molecule has 0 aromatic heterocycles. The topological polar surface area (TPSA) is 101 Å². The van der Waals surface area contributed by atoms with Crippen molar-refractivity contribution in [2.75, 3.05) is 11.9 Å². The zero-order valence-electron chi connectivity index (χ0n) is 17.2. The van der Waals surface area contributed by atoms with Crippen LogP contribution in [0.25, 0.3) is 0 Å². The molecule has 0 fully saturated rings. The largest absolute Gasteiger partial charge is 0.325 e. The predicted molar refractivity (Wildman–Crippen MR) is 119 cm³/mol. The highest BCUT2D eigenvalue weighted by Gasteiger charge is 2.48. The second kappa shape index (κ2) is 8.49. The smallest absolute Gasteiger partial charge is 0.245 e. The molecule has 0 bridgehead atoms. The fraction of sp³-hybridized carbons (Fsp3) is 0.125. The number of benzene rings is 3. The SMILES string of the molecule is Cc1cccc(C(=O)C2C(=O)c3ccccc3S(=O)(=O)N2CC(=O)Nc2ccccc2)c1. The minimum Gasteiger partial charge on any atom is -0.325 e. The van der Waals surface area contributed by atoms with Gasteiger partial charge in [-0.3, -0.25) is 14.4 Å². The van der Waals surface area contributed by atoms with Crippen LogP contribution in [0.1, 0.15) is 26.3 Å². The Bertz CT molecular complexity index is 1320. The average molecular weight is 449 g/mol. The summed E-state index contributed by atoms with van der Waals surface area (Å²) in [7, 11) is -4.28. The molecule has 32 heavy (non-hydrogen) atoms. The van der Waals surface area contributed by atoms with E-state index in [1.165, 1.54) is 30.3 Å². The Labute approximate surface area is 185 Å². The van der Waals surface area contributed by atoms with Gasteiger partial charge in [0.25, 0.3) is 0 Å². The van der Waals surface area contributed by atoms with E-state index in [9.17, 15) is 22.8 Å². The van der Waals surface area contributed by atoms with Gasteiger partial charge in [-0.25, -0.2) is 8.42 Å². The highest BCUT2D eigenvalue weighted by atomic mass is 32.2. The maximum atomic E-state index is 13.4. The molecule has 0 radical (unpaired) electrons. The van der Waals surface area contributed by atoms with Crippen LogP contribution in [0.4, 0.5) is 5.69 Å². The first kappa shape index (κ1) is 21.6. The number of para-hydroxylation sites is 1. The Hall–Kier alpha value is -3.62. The number of carbonyl (C=O) groups is 3. The number of aryl methyl sites for hydroxylation is 1. The Morgan fingerprint density at radius 1 is 0.938 bits per heavy atom. The summed E-state index contributed by atoms with van der Waals surface area (Å²) in [6.07, 6.45) is 0. The Morgan fingerprint density at radius 3 is 2.34 bits per heavy atom. The summed E-state index contributed by atoms with van der Waals surface area (Å²) in [4.78, 5) is 39.1. The number of fused-ring (bicyclic) bond motifs is 1. The van der Waals surface area contributed by atoms with Gasteiger partial charge in [-0.1, -0.05) is 54.1 Å². The van der Waals surface area contributed by atoms with Crippen molar-refractivity contribution in [1.29, 1.82) is 0 Å². The monoisotopic (exact) mass is 448 g/mol. The van der Waals surface area contributed by atoms with Gasteiger partial charge in [0.15, 0.2) is 17.6 Å². The summed E-state index contributed by atoms with van der Waals surface area (Å²) in [5.41, 5.74) is 1.40. The highest BCUT2D eigenvalue weighted by molar-refractivity contribution is 7.89. The van der Waals surface area contributed by atoms with Crippen molar-refractivity contribution in [3.05, 3.63) is 95.6 Å². The van der Waals surface area contributed by atoms with Gasteiger partial charge in [-0.2, -0.15) is 4.31 Å². The molecule has 0 spiro atoms.